The highest BCUT2D eigenvalue weighted by Gasteiger charge is 2.24. The molecule has 0 unspecified atom stereocenters. The first-order chi connectivity index (χ1) is 11.2. The molecular weight excluding hydrogens is 375 g/mol. The standard InChI is InChI=1S/C18H26BrFN2O2/c1-18(2,3)24-17(23)22-13-6-4-12(5-7-13)11-21-14-8-9-15(19)16(20)10-14/h8-10,12-13,21H,4-7,11H2,1-3H3,(H,22,23). The van der Waals surface area contributed by atoms with Gasteiger partial charge in [0.25, 0.3) is 0 Å². The van der Waals surface area contributed by atoms with Gasteiger partial charge in [-0.15, -0.1) is 0 Å². The average Bonchev–Trinajstić information content (AvgIpc) is 2.48. The molecule has 0 atom stereocenters. The van der Waals surface area contributed by atoms with Crippen molar-refractivity contribution in [1.82, 2.24) is 5.32 Å². The molecule has 1 aliphatic rings. The molecule has 134 valence electrons. The molecule has 0 saturated heterocycles. The van der Waals surface area contributed by atoms with Gasteiger partial charge in [-0.25, -0.2) is 9.18 Å². The number of carbonyl (C=O) groups is 1. The molecule has 0 spiro atoms. The van der Waals surface area contributed by atoms with Gasteiger partial charge in [-0.3, -0.25) is 0 Å². The predicted octanol–water partition coefficient (Wildman–Crippen LogP) is 5.08. The van der Waals surface area contributed by atoms with E-state index in [1.54, 1.807) is 6.07 Å². The molecule has 0 aromatic heterocycles. The SMILES string of the molecule is CC(C)(C)OC(=O)NC1CCC(CNc2ccc(Br)c(F)c2)CC1. The van der Waals surface area contributed by atoms with Crippen molar-refractivity contribution in [3.63, 3.8) is 0 Å². The van der Waals surface area contributed by atoms with Crippen LogP contribution >= 0.6 is 15.9 Å². The summed E-state index contributed by atoms with van der Waals surface area (Å²) in [7, 11) is 0. The summed E-state index contributed by atoms with van der Waals surface area (Å²) in [5, 5.41) is 6.24. The van der Waals surface area contributed by atoms with E-state index in [9.17, 15) is 9.18 Å². The Balaban J connectivity index is 1.71. The van der Waals surface area contributed by atoms with Gasteiger partial charge in [0.15, 0.2) is 0 Å². The first kappa shape index (κ1) is 19.0. The van der Waals surface area contributed by atoms with Gasteiger partial charge in [0.1, 0.15) is 11.4 Å². The molecule has 1 aliphatic carbocycles. The lowest BCUT2D eigenvalue weighted by Crippen LogP contribution is -2.41. The Labute approximate surface area is 151 Å². The molecule has 24 heavy (non-hydrogen) atoms. The Morgan fingerprint density at radius 2 is 1.96 bits per heavy atom. The molecule has 6 heteroatoms. The molecule has 1 amide bonds. The average molecular weight is 401 g/mol. The lowest BCUT2D eigenvalue weighted by atomic mass is 9.86. The van der Waals surface area contributed by atoms with E-state index in [0.717, 1.165) is 37.9 Å². The lowest BCUT2D eigenvalue weighted by molar-refractivity contribution is 0.0488. The fourth-order valence-electron chi connectivity index (χ4n) is 2.85. The van der Waals surface area contributed by atoms with Gasteiger partial charge in [0.2, 0.25) is 0 Å². The minimum absolute atomic E-state index is 0.182. The van der Waals surface area contributed by atoms with Gasteiger partial charge in [0.05, 0.1) is 4.47 Å². The Morgan fingerprint density at radius 3 is 2.54 bits per heavy atom. The number of halogens is 2. The quantitative estimate of drug-likeness (QED) is 0.740. The van der Waals surface area contributed by atoms with Gasteiger partial charge in [-0.1, -0.05) is 0 Å². The summed E-state index contributed by atoms with van der Waals surface area (Å²) in [4.78, 5) is 11.8. The Hall–Kier alpha value is -1.30. The van der Waals surface area contributed by atoms with Crippen molar-refractivity contribution in [2.75, 3.05) is 11.9 Å². The predicted molar refractivity (Wildman–Crippen MR) is 97.7 cm³/mol. The molecule has 1 aromatic carbocycles. The number of carbonyl (C=O) groups excluding carboxylic acids is 1. The van der Waals surface area contributed by atoms with Crippen LogP contribution in [0.25, 0.3) is 0 Å². The highest BCUT2D eigenvalue weighted by Crippen LogP contribution is 2.26. The zero-order valence-corrected chi connectivity index (χ0v) is 16.1. The highest BCUT2D eigenvalue weighted by atomic mass is 79.9. The van der Waals surface area contributed by atoms with Crippen LogP contribution in [0.3, 0.4) is 0 Å². The minimum Gasteiger partial charge on any atom is -0.444 e. The van der Waals surface area contributed by atoms with E-state index in [-0.39, 0.29) is 18.0 Å². The fourth-order valence-corrected chi connectivity index (χ4v) is 3.10. The van der Waals surface area contributed by atoms with Crippen LogP contribution in [0, 0.1) is 11.7 Å². The molecule has 0 radical (unpaired) electrons. The summed E-state index contributed by atoms with van der Waals surface area (Å²) >= 11 is 3.15. The largest absolute Gasteiger partial charge is 0.444 e. The third kappa shape index (κ3) is 6.30. The van der Waals surface area contributed by atoms with E-state index in [4.69, 9.17) is 4.74 Å². The summed E-state index contributed by atoms with van der Waals surface area (Å²) in [6.45, 7) is 6.40. The fraction of sp³-hybridized carbons (Fsp3) is 0.611. The second kappa shape index (κ2) is 8.19. The second-order valence-corrected chi connectivity index (χ2v) is 8.23. The maximum absolute atomic E-state index is 13.5. The molecule has 1 saturated carbocycles. The number of hydrogen-bond donors (Lipinski definition) is 2. The normalized spacial score (nSPS) is 21.2. The molecular formula is C18H26BrFN2O2. The van der Waals surface area contributed by atoms with Gasteiger partial charge in [-0.2, -0.15) is 0 Å². The second-order valence-electron chi connectivity index (χ2n) is 7.37. The maximum atomic E-state index is 13.5. The van der Waals surface area contributed by atoms with Crippen LogP contribution in [-0.2, 0) is 4.74 Å². The molecule has 0 aliphatic heterocycles. The van der Waals surface area contributed by atoms with Crippen molar-refractivity contribution in [3.05, 3.63) is 28.5 Å². The zero-order chi connectivity index (χ0) is 17.7. The maximum Gasteiger partial charge on any atom is 0.407 e. The van der Waals surface area contributed by atoms with E-state index >= 15 is 0 Å². The van der Waals surface area contributed by atoms with Crippen LogP contribution in [0.1, 0.15) is 46.5 Å². The first-order valence-corrected chi connectivity index (χ1v) is 9.20. The van der Waals surface area contributed by atoms with Crippen LogP contribution in [0.2, 0.25) is 0 Å². The van der Waals surface area contributed by atoms with E-state index in [0.29, 0.717) is 10.4 Å². The Morgan fingerprint density at radius 1 is 1.29 bits per heavy atom. The van der Waals surface area contributed by atoms with Crippen LogP contribution in [0.5, 0.6) is 0 Å². The summed E-state index contributed by atoms with van der Waals surface area (Å²) in [6.07, 6.45) is 3.62. The van der Waals surface area contributed by atoms with Gasteiger partial charge in [-0.05, 0) is 86.5 Å². The van der Waals surface area contributed by atoms with Crippen LogP contribution in [0.15, 0.2) is 22.7 Å². The number of anilines is 1. The molecule has 2 N–H and O–H groups in total. The molecule has 0 bridgehead atoms. The lowest BCUT2D eigenvalue weighted by Gasteiger charge is -2.30. The molecule has 2 rings (SSSR count). The number of hydrogen-bond acceptors (Lipinski definition) is 3. The zero-order valence-electron chi connectivity index (χ0n) is 14.5. The van der Waals surface area contributed by atoms with Gasteiger partial charge >= 0.3 is 6.09 Å². The minimum atomic E-state index is -0.467. The third-order valence-electron chi connectivity index (χ3n) is 4.08. The summed E-state index contributed by atoms with van der Waals surface area (Å²) < 4.78 is 19.3. The van der Waals surface area contributed by atoms with Crippen molar-refractivity contribution >= 4 is 27.7 Å². The number of benzene rings is 1. The summed E-state index contributed by atoms with van der Waals surface area (Å²) in [5.74, 6) is 0.277. The van der Waals surface area contributed by atoms with Crippen molar-refractivity contribution in [3.8, 4) is 0 Å². The molecule has 1 fully saturated rings. The summed E-state index contributed by atoms with van der Waals surface area (Å²) in [6, 6.07) is 5.25. The van der Waals surface area contributed by atoms with Crippen molar-refractivity contribution < 1.29 is 13.9 Å². The molecule has 0 heterocycles. The van der Waals surface area contributed by atoms with E-state index in [2.05, 4.69) is 26.6 Å². The monoisotopic (exact) mass is 400 g/mol. The Bertz CT molecular complexity index is 567. The number of amides is 1. The number of nitrogens with one attached hydrogen (secondary N) is 2. The Kier molecular flexibility index (Phi) is 6.49. The third-order valence-corrected chi connectivity index (χ3v) is 4.73. The summed E-state index contributed by atoms with van der Waals surface area (Å²) in [5.41, 5.74) is 0.329. The molecule has 4 nitrogen and oxygen atoms in total. The van der Waals surface area contributed by atoms with Crippen molar-refractivity contribution in [2.45, 2.75) is 58.1 Å². The topological polar surface area (TPSA) is 50.4 Å². The van der Waals surface area contributed by atoms with Gasteiger partial charge in [0, 0.05) is 18.3 Å². The molecule has 1 aromatic rings. The van der Waals surface area contributed by atoms with E-state index in [1.165, 1.54) is 6.07 Å². The number of ether oxygens (including phenoxy) is 1. The van der Waals surface area contributed by atoms with Crippen LogP contribution in [-0.4, -0.2) is 24.3 Å². The highest BCUT2D eigenvalue weighted by molar-refractivity contribution is 9.10. The number of rotatable bonds is 4. The van der Waals surface area contributed by atoms with Crippen molar-refractivity contribution in [2.24, 2.45) is 5.92 Å². The number of alkyl carbamates (subject to hydrolysis) is 1. The van der Waals surface area contributed by atoms with E-state index in [1.807, 2.05) is 26.8 Å². The van der Waals surface area contributed by atoms with Crippen molar-refractivity contribution in [1.29, 1.82) is 0 Å². The van der Waals surface area contributed by atoms with Crippen LogP contribution in [0.4, 0.5) is 14.9 Å². The smallest absolute Gasteiger partial charge is 0.407 e. The first-order valence-electron chi connectivity index (χ1n) is 8.41. The van der Waals surface area contributed by atoms with Gasteiger partial charge < -0.3 is 15.4 Å². The van der Waals surface area contributed by atoms with Crippen LogP contribution < -0.4 is 10.6 Å². The van der Waals surface area contributed by atoms with E-state index < -0.39 is 5.60 Å².